The van der Waals surface area contributed by atoms with Gasteiger partial charge < -0.3 is 15.4 Å². The van der Waals surface area contributed by atoms with Gasteiger partial charge in [0.05, 0.1) is 12.3 Å². The van der Waals surface area contributed by atoms with E-state index in [2.05, 4.69) is 17.6 Å². The molecule has 1 fully saturated rings. The third kappa shape index (κ3) is 6.18. The molecular weight excluding hydrogens is 308 g/mol. The maximum absolute atomic E-state index is 12.0. The van der Waals surface area contributed by atoms with E-state index in [1.807, 2.05) is 24.3 Å². The normalized spacial score (nSPS) is 14.5. The number of para-hydroxylation sites is 2. The summed E-state index contributed by atoms with van der Waals surface area (Å²) in [5, 5.41) is 6.18. The van der Waals surface area contributed by atoms with Crippen LogP contribution in [0.2, 0.25) is 0 Å². The molecule has 0 saturated heterocycles. The quantitative estimate of drug-likeness (QED) is 0.578. The fourth-order valence-electron chi connectivity index (χ4n) is 2.83. The highest BCUT2D eigenvalue weighted by Crippen LogP contribution is 2.27. The van der Waals surface area contributed by atoms with E-state index < -0.39 is 0 Å². The molecule has 2 N–H and O–H groups in total. The lowest BCUT2D eigenvalue weighted by Gasteiger charge is -2.15. The van der Waals surface area contributed by atoms with Crippen LogP contribution in [0.1, 0.15) is 51.9 Å². The van der Waals surface area contributed by atoms with Crippen LogP contribution >= 0.6 is 12.2 Å². The Bertz CT molecular complexity index is 528. The molecule has 126 valence electrons. The van der Waals surface area contributed by atoms with Crippen molar-refractivity contribution in [3.8, 4) is 5.75 Å². The average molecular weight is 334 g/mol. The van der Waals surface area contributed by atoms with Crippen molar-refractivity contribution < 1.29 is 9.53 Å². The second-order valence-electron chi connectivity index (χ2n) is 6.06. The zero-order valence-electron chi connectivity index (χ0n) is 13.8. The zero-order chi connectivity index (χ0) is 16.5. The van der Waals surface area contributed by atoms with Gasteiger partial charge in [0.25, 0.3) is 0 Å². The van der Waals surface area contributed by atoms with E-state index in [0.717, 1.165) is 37.1 Å². The molecule has 5 heteroatoms. The van der Waals surface area contributed by atoms with Gasteiger partial charge in [-0.15, -0.1) is 0 Å². The van der Waals surface area contributed by atoms with Crippen molar-refractivity contribution in [1.82, 2.24) is 5.32 Å². The Morgan fingerprint density at radius 1 is 1.30 bits per heavy atom. The second kappa shape index (κ2) is 9.50. The van der Waals surface area contributed by atoms with Crippen LogP contribution in [0, 0.1) is 5.92 Å². The summed E-state index contributed by atoms with van der Waals surface area (Å²) in [5.41, 5.74) is 0.787. The van der Waals surface area contributed by atoms with Crippen molar-refractivity contribution >= 4 is 28.9 Å². The molecule has 1 aromatic carbocycles. The van der Waals surface area contributed by atoms with E-state index in [0.29, 0.717) is 24.1 Å². The van der Waals surface area contributed by atoms with E-state index in [9.17, 15) is 4.79 Å². The van der Waals surface area contributed by atoms with Crippen LogP contribution < -0.4 is 15.4 Å². The number of nitrogens with one attached hydrogen (secondary N) is 2. The smallest absolute Gasteiger partial charge is 0.226 e. The van der Waals surface area contributed by atoms with Gasteiger partial charge in [0.2, 0.25) is 5.91 Å². The fraction of sp³-hybridized carbons (Fsp3) is 0.556. The highest BCUT2D eigenvalue weighted by atomic mass is 32.1. The van der Waals surface area contributed by atoms with Crippen LogP contribution in [0.5, 0.6) is 5.75 Å². The van der Waals surface area contributed by atoms with Crippen LogP contribution in [0.3, 0.4) is 0 Å². The predicted molar refractivity (Wildman–Crippen MR) is 97.8 cm³/mol. The number of thiocarbonyl (C=S) groups is 1. The van der Waals surface area contributed by atoms with Crippen LogP contribution in [0.4, 0.5) is 5.69 Å². The highest BCUT2D eigenvalue weighted by Gasteiger charge is 2.19. The summed E-state index contributed by atoms with van der Waals surface area (Å²) in [5.74, 6) is 1.27. The summed E-state index contributed by atoms with van der Waals surface area (Å²) >= 11 is 5.25. The number of anilines is 1. The van der Waals surface area contributed by atoms with Crippen LogP contribution in [-0.2, 0) is 4.79 Å². The first-order chi connectivity index (χ1) is 11.2. The number of hydrogen-bond donors (Lipinski definition) is 2. The first kappa shape index (κ1) is 17.7. The number of ether oxygens (including phenoxy) is 1. The van der Waals surface area contributed by atoms with Crippen LogP contribution in [0.15, 0.2) is 24.3 Å². The molecule has 23 heavy (non-hydrogen) atoms. The summed E-state index contributed by atoms with van der Waals surface area (Å²) in [6.45, 7) is 2.80. The molecule has 1 aromatic rings. The lowest BCUT2D eigenvalue weighted by Crippen LogP contribution is -2.35. The molecule has 0 radical (unpaired) electrons. The molecule has 0 spiro atoms. The Labute approximate surface area is 144 Å². The van der Waals surface area contributed by atoms with Gasteiger partial charge >= 0.3 is 0 Å². The van der Waals surface area contributed by atoms with Crippen molar-refractivity contribution in [3.63, 3.8) is 0 Å². The van der Waals surface area contributed by atoms with Crippen molar-refractivity contribution in [2.75, 3.05) is 11.9 Å². The largest absolute Gasteiger partial charge is 0.491 e. The SMILES string of the molecule is CCCCOc1ccccc1NC(=S)NC(=O)CC1CCCC1. The van der Waals surface area contributed by atoms with E-state index in [-0.39, 0.29) is 5.91 Å². The van der Waals surface area contributed by atoms with E-state index in [1.165, 1.54) is 12.8 Å². The zero-order valence-corrected chi connectivity index (χ0v) is 14.6. The minimum atomic E-state index is -0.00113. The van der Waals surface area contributed by atoms with Gasteiger partial charge in [-0.1, -0.05) is 38.3 Å². The Morgan fingerprint density at radius 2 is 2.04 bits per heavy atom. The Morgan fingerprint density at radius 3 is 2.78 bits per heavy atom. The average Bonchev–Trinajstić information content (AvgIpc) is 3.01. The lowest BCUT2D eigenvalue weighted by atomic mass is 10.0. The third-order valence-electron chi connectivity index (χ3n) is 4.09. The van der Waals surface area contributed by atoms with Crippen molar-refractivity contribution in [1.29, 1.82) is 0 Å². The topological polar surface area (TPSA) is 50.4 Å². The molecule has 0 atom stereocenters. The number of carbonyl (C=O) groups excluding carboxylic acids is 1. The number of rotatable bonds is 7. The van der Waals surface area contributed by atoms with Crippen molar-refractivity contribution in [2.24, 2.45) is 5.92 Å². The number of unbranched alkanes of at least 4 members (excludes halogenated alkanes) is 1. The predicted octanol–water partition coefficient (Wildman–Crippen LogP) is 4.26. The number of carbonyl (C=O) groups is 1. The first-order valence-corrected chi connectivity index (χ1v) is 8.92. The Hall–Kier alpha value is -1.62. The molecule has 1 amide bonds. The molecule has 0 unspecified atom stereocenters. The summed E-state index contributed by atoms with van der Waals surface area (Å²) in [6, 6.07) is 7.64. The third-order valence-corrected chi connectivity index (χ3v) is 4.30. The standard InChI is InChI=1S/C18H26N2O2S/c1-2-3-12-22-16-11-7-6-10-15(16)19-18(23)20-17(21)13-14-8-4-5-9-14/h6-7,10-11,14H,2-5,8-9,12-13H2,1H3,(H2,19,20,21,23). The summed E-state index contributed by atoms with van der Waals surface area (Å²) in [4.78, 5) is 12.0. The second-order valence-corrected chi connectivity index (χ2v) is 6.46. The monoisotopic (exact) mass is 334 g/mol. The van der Waals surface area contributed by atoms with Gasteiger partial charge in [-0.25, -0.2) is 0 Å². The van der Waals surface area contributed by atoms with Crippen LogP contribution in [-0.4, -0.2) is 17.6 Å². The maximum atomic E-state index is 12.0. The molecule has 2 rings (SSSR count). The summed E-state index contributed by atoms with van der Waals surface area (Å²) in [6.07, 6.45) is 7.45. The fourth-order valence-corrected chi connectivity index (χ4v) is 3.05. The Balaban J connectivity index is 1.83. The molecule has 1 saturated carbocycles. The molecule has 4 nitrogen and oxygen atoms in total. The number of amides is 1. The van der Waals surface area contributed by atoms with Crippen molar-refractivity contribution in [2.45, 2.75) is 51.9 Å². The molecule has 0 heterocycles. The molecule has 0 aliphatic heterocycles. The molecule has 1 aliphatic carbocycles. The van der Waals surface area contributed by atoms with Gasteiger partial charge in [0, 0.05) is 6.42 Å². The summed E-state index contributed by atoms with van der Waals surface area (Å²) in [7, 11) is 0. The maximum Gasteiger partial charge on any atom is 0.226 e. The lowest BCUT2D eigenvalue weighted by molar-refractivity contribution is -0.120. The van der Waals surface area contributed by atoms with Gasteiger partial charge in [-0.05, 0) is 49.5 Å². The minimum absolute atomic E-state index is 0.00113. The van der Waals surface area contributed by atoms with E-state index >= 15 is 0 Å². The summed E-state index contributed by atoms with van der Waals surface area (Å²) < 4.78 is 5.76. The molecule has 0 bridgehead atoms. The molecular formula is C18H26N2O2S. The number of hydrogen-bond acceptors (Lipinski definition) is 3. The first-order valence-electron chi connectivity index (χ1n) is 8.51. The van der Waals surface area contributed by atoms with E-state index in [4.69, 9.17) is 17.0 Å². The van der Waals surface area contributed by atoms with Gasteiger partial charge in [-0.2, -0.15) is 0 Å². The van der Waals surface area contributed by atoms with Crippen molar-refractivity contribution in [3.05, 3.63) is 24.3 Å². The highest BCUT2D eigenvalue weighted by molar-refractivity contribution is 7.80. The van der Waals surface area contributed by atoms with Gasteiger partial charge in [0.1, 0.15) is 5.75 Å². The van der Waals surface area contributed by atoms with Gasteiger partial charge in [0.15, 0.2) is 5.11 Å². The minimum Gasteiger partial charge on any atom is -0.491 e. The Kier molecular flexibility index (Phi) is 7.33. The molecule has 0 aromatic heterocycles. The number of benzene rings is 1. The van der Waals surface area contributed by atoms with Gasteiger partial charge in [-0.3, -0.25) is 4.79 Å². The molecule has 1 aliphatic rings. The van der Waals surface area contributed by atoms with Crippen LogP contribution in [0.25, 0.3) is 0 Å². The van der Waals surface area contributed by atoms with E-state index in [1.54, 1.807) is 0 Å².